The largest absolute Gasteiger partial charge is 0.486 e. The van der Waals surface area contributed by atoms with E-state index in [1.165, 1.54) is 12.1 Å². The quantitative estimate of drug-likeness (QED) is 0.657. The molecule has 20 heavy (non-hydrogen) atoms. The summed E-state index contributed by atoms with van der Waals surface area (Å²) in [5.74, 6) is -1.35. The van der Waals surface area contributed by atoms with Crippen molar-refractivity contribution in [1.29, 1.82) is 0 Å². The number of nitrogens with zero attached hydrogens (tertiary/aromatic N) is 1. The van der Waals surface area contributed by atoms with Gasteiger partial charge in [-0.3, -0.25) is 14.9 Å². The highest BCUT2D eigenvalue weighted by Gasteiger charge is 2.30. The Morgan fingerprint density at radius 2 is 2.00 bits per heavy atom. The number of aliphatic carboxylic acids is 1. The summed E-state index contributed by atoms with van der Waals surface area (Å²) < 4.78 is 10.7. The van der Waals surface area contributed by atoms with Gasteiger partial charge in [-0.1, -0.05) is 13.3 Å². The maximum atomic E-state index is 11.3. The third-order valence-electron chi connectivity index (χ3n) is 3.14. The average molecular weight is 281 g/mol. The van der Waals surface area contributed by atoms with Gasteiger partial charge in [-0.15, -0.1) is 0 Å². The number of ether oxygens (including phenoxy) is 2. The van der Waals surface area contributed by atoms with Gasteiger partial charge in [0.1, 0.15) is 13.2 Å². The molecule has 0 saturated heterocycles. The topological polar surface area (TPSA) is 98.9 Å². The van der Waals surface area contributed by atoms with E-state index < -0.39 is 16.8 Å². The van der Waals surface area contributed by atoms with E-state index in [-0.39, 0.29) is 17.0 Å². The predicted octanol–water partition coefficient (Wildman–Crippen LogP) is 2.33. The van der Waals surface area contributed by atoms with Gasteiger partial charge in [0.2, 0.25) is 0 Å². The first-order valence-electron chi connectivity index (χ1n) is 6.35. The summed E-state index contributed by atoms with van der Waals surface area (Å²) in [7, 11) is 0. The van der Waals surface area contributed by atoms with Crippen molar-refractivity contribution < 1.29 is 24.3 Å². The lowest BCUT2D eigenvalue weighted by molar-refractivity contribution is -0.385. The molecule has 1 heterocycles. The summed E-state index contributed by atoms with van der Waals surface area (Å²) in [4.78, 5) is 21.9. The van der Waals surface area contributed by atoms with Crippen LogP contribution in [0.3, 0.4) is 0 Å². The van der Waals surface area contributed by atoms with Gasteiger partial charge < -0.3 is 14.6 Å². The van der Waals surface area contributed by atoms with Crippen molar-refractivity contribution in [3.63, 3.8) is 0 Å². The smallest absolute Gasteiger partial charge is 0.311 e. The normalized spacial score (nSPS) is 14.7. The SMILES string of the molecule is CCCC(C(=O)O)c1cc2c(cc1[N+](=O)[O-])OCCO2. The maximum Gasteiger partial charge on any atom is 0.311 e. The number of hydrogen-bond acceptors (Lipinski definition) is 5. The number of fused-ring (bicyclic) bond motifs is 1. The van der Waals surface area contributed by atoms with Crippen LogP contribution in [0.25, 0.3) is 0 Å². The van der Waals surface area contributed by atoms with Crippen molar-refractivity contribution in [2.24, 2.45) is 0 Å². The maximum absolute atomic E-state index is 11.3. The number of nitro groups is 1. The predicted molar refractivity (Wildman–Crippen MR) is 69.4 cm³/mol. The zero-order valence-corrected chi connectivity index (χ0v) is 11.0. The van der Waals surface area contributed by atoms with E-state index in [2.05, 4.69) is 0 Å². The lowest BCUT2D eigenvalue weighted by atomic mass is 9.92. The van der Waals surface area contributed by atoms with Crippen LogP contribution < -0.4 is 9.47 Å². The minimum atomic E-state index is -1.08. The molecule has 0 radical (unpaired) electrons. The number of carboxylic acids is 1. The molecule has 0 spiro atoms. The molecule has 1 N–H and O–H groups in total. The molecule has 0 aromatic heterocycles. The molecule has 7 heteroatoms. The second-order valence-electron chi connectivity index (χ2n) is 4.49. The molecular formula is C13H15NO6. The van der Waals surface area contributed by atoms with Crippen molar-refractivity contribution in [1.82, 2.24) is 0 Å². The highest BCUT2D eigenvalue weighted by molar-refractivity contribution is 5.78. The number of hydrogen-bond donors (Lipinski definition) is 1. The van der Waals surface area contributed by atoms with Crippen LogP contribution in [-0.2, 0) is 4.79 Å². The minimum Gasteiger partial charge on any atom is -0.486 e. The molecule has 0 saturated carbocycles. The lowest BCUT2D eigenvalue weighted by Crippen LogP contribution is -2.18. The van der Waals surface area contributed by atoms with E-state index in [0.717, 1.165) is 0 Å². The van der Waals surface area contributed by atoms with Gasteiger partial charge in [0.15, 0.2) is 11.5 Å². The fraction of sp³-hybridized carbons (Fsp3) is 0.462. The minimum absolute atomic E-state index is 0.161. The van der Waals surface area contributed by atoms with Crippen molar-refractivity contribution in [2.45, 2.75) is 25.7 Å². The lowest BCUT2D eigenvalue weighted by Gasteiger charge is -2.20. The second-order valence-corrected chi connectivity index (χ2v) is 4.49. The Hall–Kier alpha value is -2.31. The third kappa shape index (κ3) is 2.66. The molecular weight excluding hydrogens is 266 g/mol. The van der Waals surface area contributed by atoms with Gasteiger partial charge in [-0.25, -0.2) is 0 Å². The molecule has 2 rings (SSSR count). The van der Waals surface area contributed by atoms with Crippen LogP contribution >= 0.6 is 0 Å². The van der Waals surface area contributed by atoms with E-state index in [9.17, 15) is 20.0 Å². The zero-order chi connectivity index (χ0) is 14.7. The molecule has 1 aromatic carbocycles. The summed E-state index contributed by atoms with van der Waals surface area (Å²) in [5.41, 5.74) is -0.0799. The third-order valence-corrected chi connectivity index (χ3v) is 3.14. The Labute approximate surface area is 115 Å². The van der Waals surface area contributed by atoms with Crippen LogP contribution in [0.5, 0.6) is 11.5 Å². The Morgan fingerprint density at radius 1 is 1.40 bits per heavy atom. The monoisotopic (exact) mass is 281 g/mol. The molecule has 0 amide bonds. The van der Waals surface area contributed by atoms with Crippen LogP contribution in [-0.4, -0.2) is 29.2 Å². The summed E-state index contributed by atoms with van der Waals surface area (Å²) >= 11 is 0. The standard InChI is InChI=1S/C13H15NO6/c1-2-3-8(13(15)16)9-6-11-12(20-5-4-19-11)7-10(9)14(17)18/h6-8H,2-5H2,1H3,(H,15,16). The summed E-state index contributed by atoms with van der Waals surface area (Å²) in [6.07, 6.45) is 0.943. The number of carboxylic acid groups (broad SMARTS) is 1. The first-order valence-corrected chi connectivity index (χ1v) is 6.35. The second kappa shape index (κ2) is 5.77. The van der Waals surface area contributed by atoms with Crippen molar-refractivity contribution in [2.75, 3.05) is 13.2 Å². The van der Waals surface area contributed by atoms with Gasteiger partial charge in [-0.05, 0) is 12.5 Å². The van der Waals surface area contributed by atoms with E-state index in [4.69, 9.17) is 9.47 Å². The van der Waals surface area contributed by atoms with E-state index in [0.29, 0.717) is 31.8 Å². The van der Waals surface area contributed by atoms with Crippen molar-refractivity contribution in [3.05, 3.63) is 27.8 Å². The van der Waals surface area contributed by atoms with Gasteiger partial charge in [0, 0.05) is 5.56 Å². The van der Waals surface area contributed by atoms with Crippen LogP contribution in [0.1, 0.15) is 31.2 Å². The molecule has 1 atom stereocenters. The highest BCUT2D eigenvalue weighted by Crippen LogP contribution is 2.40. The molecule has 108 valence electrons. The van der Waals surface area contributed by atoms with Gasteiger partial charge in [0.25, 0.3) is 5.69 Å². The number of rotatable bonds is 5. The van der Waals surface area contributed by atoms with Crippen molar-refractivity contribution >= 4 is 11.7 Å². The Bertz CT molecular complexity index is 542. The number of nitro benzene ring substituents is 1. The Balaban J connectivity index is 2.53. The average Bonchev–Trinajstić information content (AvgIpc) is 2.43. The van der Waals surface area contributed by atoms with Gasteiger partial charge >= 0.3 is 5.97 Å². The summed E-state index contributed by atoms with van der Waals surface area (Å²) in [6.45, 7) is 2.50. The van der Waals surface area contributed by atoms with Crippen LogP contribution in [0, 0.1) is 10.1 Å². The number of benzene rings is 1. The molecule has 0 bridgehead atoms. The Morgan fingerprint density at radius 3 is 2.50 bits per heavy atom. The van der Waals surface area contributed by atoms with Crippen molar-refractivity contribution in [3.8, 4) is 11.5 Å². The first kappa shape index (κ1) is 14.1. The van der Waals surface area contributed by atoms with Crippen LogP contribution in [0.2, 0.25) is 0 Å². The molecule has 1 aromatic rings. The van der Waals surface area contributed by atoms with Gasteiger partial charge in [-0.2, -0.15) is 0 Å². The first-order chi connectivity index (χ1) is 9.54. The van der Waals surface area contributed by atoms with Crippen LogP contribution in [0.15, 0.2) is 12.1 Å². The van der Waals surface area contributed by atoms with E-state index in [1.807, 2.05) is 6.92 Å². The molecule has 0 fully saturated rings. The summed E-state index contributed by atoms with van der Waals surface area (Å²) in [5, 5.41) is 20.4. The van der Waals surface area contributed by atoms with E-state index in [1.54, 1.807) is 0 Å². The highest BCUT2D eigenvalue weighted by atomic mass is 16.6. The van der Waals surface area contributed by atoms with E-state index >= 15 is 0 Å². The van der Waals surface area contributed by atoms with Gasteiger partial charge in [0.05, 0.1) is 16.9 Å². The fourth-order valence-corrected chi connectivity index (χ4v) is 2.23. The molecule has 1 aliphatic rings. The molecule has 1 aliphatic heterocycles. The summed E-state index contributed by atoms with van der Waals surface area (Å²) in [6, 6.07) is 2.66. The Kier molecular flexibility index (Phi) is 4.07. The molecule has 1 unspecified atom stereocenters. The molecule has 7 nitrogen and oxygen atoms in total. The molecule has 0 aliphatic carbocycles. The van der Waals surface area contributed by atoms with Crippen LogP contribution in [0.4, 0.5) is 5.69 Å². The zero-order valence-electron chi connectivity index (χ0n) is 11.0. The number of carbonyl (C=O) groups is 1. The fourth-order valence-electron chi connectivity index (χ4n) is 2.23.